The van der Waals surface area contributed by atoms with Crippen LogP contribution in [0.3, 0.4) is 0 Å². The lowest BCUT2D eigenvalue weighted by Crippen LogP contribution is -2.50. The van der Waals surface area contributed by atoms with Gasteiger partial charge in [0.2, 0.25) is 0 Å². The summed E-state index contributed by atoms with van der Waals surface area (Å²) >= 11 is 0. The number of hydrogen-bond donors (Lipinski definition) is 1. The molecule has 0 bridgehead atoms. The van der Waals surface area contributed by atoms with Gasteiger partial charge in [-0.25, -0.2) is 9.59 Å². The number of anilines is 1. The summed E-state index contributed by atoms with van der Waals surface area (Å²) in [4.78, 5) is 25.9. The molecular weight excluding hydrogens is 353 g/mol. The molecule has 26 heavy (non-hydrogen) atoms. The molecule has 1 N–H and O–H groups in total. The standard InChI is InChI=1S/C17H21F3N2O4/c1-16(2,3)26-15(25)22-8-6-21(7-9-22)13-5-4-11(14(23)24)10-12(13)17(18,19)20/h4-5,10H,6-9H2,1-3H3,(H,23,24). The van der Waals surface area contributed by atoms with Gasteiger partial charge in [-0.05, 0) is 39.0 Å². The molecule has 6 nitrogen and oxygen atoms in total. The van der Waals surface area contributed by atoms with E-state index in [1.807, 2.05) is 0 Å². The van der Waals surface area contributed by atoms with Crippen molar-refractivity contribution < 1.29 is 32.6 Å². The molecule has 1 saturated heterocycles. The topological polar surface area (TPSA) is 70.1 Å². The van der Waals surface area contributed by atoms with E-state index in [-0.39, 0.29) is 31.9 Å². The number of rotatable bonds is 2. The number of carbonyl (C=O) groups excluding carboxylic acids is 1. The van der Waals surface area contributed by atoms with Crippen molar-refractivity contribution in [1.82, 2.24) is 4.90 Å². The maximum atomic E-state index is 13.3. The zero-order chi connectivity index (χ0) is 19.7. The number of nitrogens with zero attached hydrogens (tertiary/aromatic N) is 2. The first kappa shape index (κ1) is 19.9. The van der Waals surface area contributed by atoms with E-state index in [4.69, 9.17) is 9.84 Å². The Bertz CT molecular complexity index is 690. The fourth-order valence-electron chi connectivity index (χ4n) is 2.63. The fraction of sp³-hybridized carbons (Fsp3) is 0.529. The summed E-state index contributed by atoms with van der Waals surface area (Å²) in [6.07, 6.45) is -5.18. The Balaban J connectivity index is 2.16. The molecule has 0 saturated carbocycles. The number of amides is 1. The van der Waals surface area contributed by atoms with Gasteiger partial charge >= 0.3 is 18.2 Å². The second-order valence-electron chi connectivity index (χ2n) is 6.99. The first-order chi connectivity index (χ1) is 11.9. The fourth-order valence-corrected chi connectivity index (χ4v) is 2.63. The molecule has 1 aliphatic rings. The monoisotopic (exact) mass is 374 g/mol. The van der Waals surface area contributed by atoms with E-state index in [2.05, 4.69) is 0 Å². The average Bonchev–Trinajstić information content (AvgIpc) is 2.52. The molecule has 1 fully saturated rings. The number of hydrogen-bond acceptors (Lipinski definition) is 4. The first-order valence-corrected chi connectivity index (χ1v) is 8.06. The molecule has 1 aliphatic heterocycles. The number of ether oxygens (including phenoxy) is 1. The van der Waals surface area contributed by atoms with Gasteiger partial charge in [-0.2, -0.15) is 13.2 Å². The van der Waals surface area contributed by atoms with Crippen molar-refractivity contribution in [3.05, 3.63) is 29.3 Å². The van der Waals surface area contributed by atoms with Gasteiger partial charge in [-0.15, -0.1) is 0 Å². The quantitative estimate of drug-likeness (QED) is 0.859. The normalized spacial score (nSPS) is 15.8. The Morgan fingerprint density at radius 2 is 1.65 bits per heavy atom. The molecule has 1 aromatic carbocycles. The molecule has 1 heterocycles. The highest BCUT2D eigenvalue weighted by Gasteiger charge is 2.37. The van der Waals surface area contributed by atoms with Gasteiger partial charge < -0.3 is 19.6 Å². The summed E-state index contributed by atoms with van der Waals surface area (Å²) in [6.45, 7) is 6.02. The molecule has 9 heteroatoms. The van der Waals surface area contributed by atoms with E-state index in [1.54, 1.807) is 20.8 Å². The number of aromatic carboxylic acids is 1. The molecule has 0 aliphatic carbocycles. The third-order valence-electron chi connectivity index (χ3n) is 3.82. The number of carbonyl (C=O) groups is 2. The molecular formula is C17H21F3N2O4. The van der Waals surface area contributed by atoms with Crippen molar-refractivity contribution in [2.24, 2.45) is 0 Å². The number of benzene rings is 1. The van der Waals surface area contributed by atoms with Crippen LogP contribution >= 0.6 is 0 Å². The van der Waals surface area contributed by atoms with Crippen LogP contribution in [-0.4, -0.2) is 53.8 Å². The molecule has 0 atom stereocenters. The zero-order valence-electron chi connectivity index (χ0n) is 14.8. The molecule has 0 aromatic heterocycles. The summed E-state index contributed by atoms with van der Waals surface area (Å²) in [5, 5.41) is 8.93. The van der Waals surface area contributed by atoms with Crippen LogP contribution in [0.4, 0.5) is 23.7 Å². The predicted octanol–water partition coefficient (Wildman–Crippen LogP) is 3.46. The second-order valence-corrected chi connectivity index (χ2v) is 6.99. The average molecular weight is 374 g/mol. The van der Waals surface area contributed by atoms with Crippen molar-refractivity contribution in [2.75, 3.05) is 31.1 Å². The Labute approximate surface area is 149 Å². The Morgan fingerprint density at radius 3 is 2.12 bits per heavy atom. The van der Waals surface area contributed by atoms with Gasteiger partial charge in [0.15, 0.2) is 0 Å². The molecule has 0 spiro atoms. The third-order valence-corrected chi connectivity index (χ3v) is 3.82. The molecule has 0 radical (unpaired) electrons. The maximum Gasteiger partial charge on any atom is 0.418 e. The van der Waals surface area contributed by atoms with Crippen LogP contribution in [0.1, 0.15) is 36.7 Å². The lowest BCUT2D eigenvalue weighted by Gasteiger charge is -2.37. The van der Waals surface area contributed by atoms with Crippen LogP contribution in [0.2, 0.25) is 0 Å². The van der Waals surface area contributed by atoms with Gasteiger partial charge in [-0.3, -0.25) is 0 Å². The summed E-state index contributed by atoms with van der Waals surface area (Å²) in [7, 11) is 0. The van der Waals surface area contributed by atoms with E-state index in [1.165, 1.54) is 9.80 Å². The largest absolute Gasteiger partial charge is 0.478 e. The van der Waals surface area contributed by atoms with Crippen LogP contribution in [0.5, 0.6) is 0 Å². The summed E-state index contributed by atoms with van der Waals surface area (Å²) in [6, 6.07) is 2.94. The van der Waals surface area contributed by atoms with Crippen LogP contribution in [-0.2, 0) is 10.9 Å². The van der Waals surface area contributed by atoms with E-state index in [0.717, 1.165) is 12.1 Å². The minimum Gasteiger partial charge on any atom is -0.478 e. The van der Waals surface area contributed by atoms with Crippen LogP contribution in [0, 0.1) is 0 Å². The highest BCUT2D eigenvalue weighted by molar-refractivity contribution is 5.88. The highest BCUT2D eigenvalue weighted by Crippen LogP contribution is 2.37. The minimum absolute atomic E-state index is 0.0914. The van der Waals surface area contributed by atoms with Gasteiger partial charge in [-0.1, -0.05) is 0 Å². The van der Waals surface area contributed by atoms with E-state index >= 15 is 0 Å². The Kier molecular flexibility index (Phi) is 5.39. The summed E-state index contributed by atoms with van der Waals surface area (Å²) in [5.41, 5.74) is -2.16. The number of carboxylic acid groups (broad SMARTS) is 1. The van der Waals surface area contributed by atoms with Gasteiger partial charge in [0.1, 0.15) is 5.60 Å². The zero-order valence-corrected chi connectivity index (χ0v) is 14.8. The maximum absolute atomic E-state index is 13.3. The van der Waals surface area contributed by atoms with E-state index < -0.39 is 35.0 Å². The predicted molar refractivity (Wildman–Crippen MR) is 88.4 cm³/mol. The lowest BCUT2D eigenvalue weighted by atomic mass is 10.1. The van der Waals surface area contributed by atoms with Crippen LogP contribution < -0.4 is 4.90 Å². The summed E-state index contributed by atoms with van der Waals surface area (Å²) in [5.74, 6) is -1.42. The molecule has 1 aromatic rings. The summed E-state index contributed by atoms with van der Waals surface area (Å²) < 4.78 is 45.3. The van der Waals surface area contributed by atoms with Crippen molar-refractivity contribution >= 4 is 17.7 Å². The van der Waals surface area contributed by atoms with Crippen molar-refractivity contribution in [3.8, 4) is 0 Å². The van der Waals surface area contributed by atoms with Crippen molar-refractivity contribution in [1.29, 1.82) is 0 Å². The SMILES string of the molecule is CC(C)(C)OC(=O)N1CCN(c2ccc(C(=O)O)cc2C(F)(F)F)CC1. The van der Waals surface area contributed by atoms with Crippen LogP contribution in [0.15, 0.2) is 18.2 Å². The molecule has 0 unspecified atom stereocenters. The number of halogens is 3. The van der Waals surface area contributed by atoms with E-state index in [0.29, 0.717) is 6.07 Å². The number of alkyl halides is 3. The third kappa shape index (κ3) is 4.80. The molecule has 2 rings (SSSR count). The minimum atomic E-state index is -4.68. The van der Waals surface area contributed by atoms with E-state index in [9.17, 15) is 22.8 Å². The first-order valence-electron chi connectivity index (χ1n) is 8.06. The number of carboxylic acids is 1. The van der Waals surface area contributed by atoms with Crippen molar-refractivity contribution in [2.45, 2.75) is 32.5 Å². The van der Waals surface area contributed by atoms with Crippen molar-refractivity contribution in [3.63, 3.8) is 0 Å². The lowest BCUT2D eigenvalue weighted by molar-refractivity contribution is -0.137. The van der Waals surface area contributed by atoms with Crippen LogP contribution in [0.25, 0.3) is 0 Å². The van der Waals surface area contributed by atoms with Gasteiger partial charge in [0.25, 0.3) is 0 Å². The smallest absolute Gasteiger partial charge is 0.418 e. The molecule has 1 amide bonds. The van der Waals surface area contributed by atoms with Gasteiger partial charge in [0, 0.05) is 31.9 Å². The Hall–Kier alpha value is -2.45. The number of piperazine rings is 1. The Morgan fingerprint density at radius 1 is 1.08 bits per heavy atom. The van der Waals surface area contributed by atoms with Gasteiger partial charge in [0.05, 0.1) is 11.1 Å². The highest BCUT2D eigenvalue weighted by atomic mass is 19.4. The second kappa shape index (κ2) is 7.05. The molecule has 144 valence electrons.